The van der Waals surface area contributed by atoms with Gasteiger partial charge in [0.25, 0.3) is 5.95 Å². The van der Waals surface area contributed by atoms with Gasteiger partial charge in [-0.15, -0.1) is 10.2 Å². The molecule has 2 heterocycles. The molecule has 2 N–H and O–H groups in total. The maximum absolute atomic E-state index is 6.06. The number of aromatic amines is 1. The molecule has 7 heteroatoms. The van der Waals surface area contributed by atoms with Gasteiger partial charge in [0.15, 0.2) is 5.65 Å². The summed E-state index contributed by atoms with van der Waals surface area (Å²) in [7, 11) is 0. The lowest BCUT2D eigenvalue weighted by atomic mass is 10.2. The molecule has 2 aromatic heterocycles. The molecule has 0 atom stereocenters. The molecule has 0 unspecified atom stereocenters. The smallest absolute Gasteiger partial charge is 0.265 e. The van der Waals surface area contributed by atoms with Crippen molar-refractivity contribution in [1.82, 2.24) is 20.2 Å². The van der Waals surface area contributed by atoms with Crippen LogP contribution in [0.2, 0.25) is 5.02 Å². The number of fused-ring (bicyclic) bond motifs is 3. The van der Waals surface area contributed by atoms with Gasteiger partial charge in [-0.2, -0.15) is 10.1 Å². The fourth-order valence-corrected chi connectivity index (χ4v) is 2.49. The summed E-state index contributed by atoms with van der Waals surface area (Å²) in [6, 6.07) is 15.3. The SMILES string of the molecule is Clc1ccccc1C=NNc1nnc2c(n1)[nH]c1ccccc12. The molecule has 2 aromatic carbocycles. The Kier molecular flexibility index (Phi) is 3.36. The van der Waals surface area contributed by atoms with E-state index in [1.165, 1.54) is 0 Å². The first kappa shape index (κ1) is 13.7. The Morgan fingerprint density at radius 3 is 2.78 bits per heavy atom. The summed E-state index contributed by atoms with van der Waals surface area (Å²) in [6.45, 7) is 0. The van der Waals surface area contributed by atoms with Crippen molar-refractivity contribution in [2.75, 3.05) is 5.43 Å². The maximum Gasteiger partial charge on any atom is 0.265 e. The largest absolute Gasteiger partial charge is 0.338 e. The monoisotopic (exact) mass is 322 g/mol. The fourth-order valence-electron chi connectivity index (χ4n) is 2.31. The first-order chi connectivity index (χ1) is 11.3. The van der Waals surface area contributed by atoms with Crippen LogP contribution in [0.1, 0.15) is 5.56 Å². The van der Waals surface area contributed by atoms with Gasteiger partial charge in [0, 0.05) is 21.5 Å². The van der Waals surface area contributed by atoms with Gasteiger partial charge in [0.2, 0.25) is 0 Å². The molecule has 6 nitrogen and oxygen atoms in total. The van der Waals surface area contributed by atoms with E-state index in [0.29, 0.717) is 16.6 Å². The molecule has 0 bridgehead atoms. The number of aromatic nitrogens is 4. The zero-order chi connectivity index (χ0) is 15.6. The molecular formula is C16H11ClN6. The number of hydrogen-bond acceptors (Lipinski definition) is 5. The summed E-state index contributed by atoms with van der Waals surface area (Å²) >= 11 is 6.06. The third-order valence-electron chi connectivity index (χ3n) is 3.40. The van der Waals surface area contributed by atoms with Crippen LogP contribution in [0.15, 0.2) is 53.6 Å². The van der Waals surface area contributed by atoms with Crippen LogP contribution in [0.3, 0.4) is 0 Å². The Balaban J connectivity index is 1.62. The van der Waals surface area contributed by atoms with Crippen molar-refractivity contribution < 1.29 is 0 Å². The van der Waals surface area contributed by atoms with Gasteiger partial charge in [-0.25, -0.2) is 5.43 Å². The number of para-hydroxylation sites is 1. The molecule has 0 fully saturated rings. The summed E-state index contributed by atoms with van der Waals surface area (Å²) < 4.78 is 0. The second-order valence-electron chi connectivity index (χ2n) is 4.89. The van der Waals surface area contributed by atoms with E-state index in [1.807, 2.05) is 42.5 Å². The zero-order valence-electron chi connectivity index (χ0n) is 11.9. The Labute approximate surface area is 136 Å². The normalized spacial score (nSPS) is 11.5. The van der Waals surface area contributed by atoms with E-state index < -0.39 is 0 Å². The summed E-state index contributed by atoms with van der Waals surface area (Å²) in [5.41, 5.74) is 5.94. The van der Waals surface area contributed by atoms with E-state index in [9.17, 15) is 0 Å². The number of hydrogen-bond donors (Lipinski definition) is 2. The van der Waals surface area contributed by atoms with E-state index in [0.717, 1.165) is 22.0 Å². The summed E-state index contributed by atoms with van der Waals surface area (Å²) in [5, 5.41) is 14.0. The number of hydrazone groups is 1. The van der Waals surface area contributed by atoms with Gasteiger partial charge >= 0.3 is 0 Å². The van der Waals surface area contributed by atoms with Crippen LogP contribution >= 0.6 is 11.6 Å². The Morgan fingerprint density at radius 1 is 1.04 bits per heavy atom. The molecule has 0 saturated heterocycles. The van der Waals surface area contributed by atoms with Crippen molar-refractivity contribution in [2.24, 2.45) is 5.10 Å². The minimum atomic E-state index is 0.312. The van der Waals surface area contributed by atoms with Gasteiger partial charge < -0.3 is 4.98 Å². The predicted octanol–water partition coefficient (Wildman–Crippen LogP) is 3.61. The average Bonchev–Trinajstić information content (AvgIpc) is 2.94. The van der Waals surface area contributed by atoms with E-state index in [1.54, 1.807) is 12.3 Å². The van der Waals surface area contributed by atoms with Crippen LogP contribution in [0.5, 0.6) is 0 Å². The molecule has 4 aromatic rings. The van der Waals surface area contributed by atoms with Gasteiger partial charge in [-0.1, -0.05) is 48.0 Å². The zero-order valence-corrected chi connectivity index (χ0v) is 12.6. The Bertz CT molecular complexity index is 1020. The lowest BCUT2D eigenvalue weighted by Crippen LogP contribution is -1.99. The van der Waals surface area contributed by atoms with Crippen LogP contribution in [0, 0.1) is 0 Å². The lowest BCUT2D eigenvalue weighted by molar-refractivity contribution is 1.01. The molecule has 0 saturated carbocycles. The molecule has 0 spiro atoms. The third kappa shape index (κ3) is 2.60. The Hall–Kier alpha value is -2.99. The minimum Gasteiger partial charge on any atom is -0.338 e. The van der Waals surface area contributed by atoms with Crippen molar-refractivity contribution in [1.29, 1.82) is 0 Å². The quantitative estimate of drug-likeness (QED) is 0.446. The topological polar surface area (TPSA) is 78.8 Å². The van der Waals surface area contributed by atoms with Crippen molar-refractivity contribution in [3.05, 3.63) is 59.1 Å². The van der Waals surface area contributed by atoms with Crippen LogP contribution in [0.25, 0.3) is 22.1 Å². The minimum absolute atomic E-state index is 0.312. The first-order valence-electron chi connectivity index (χ1n) is 6.96. The highest BCUT2D eigenvalue weighted by Crippen LogP contribution is 2.21. The summed E-state index contributed by atoms with van der Waals surface area (Å²) in [5.74, 6) is 0.312. The van der Waals surface area contributed by atoms with E-state index in [4.69, 9.17) is 11.6 Å². The van der Waals surface area contributed by atoms with Crippen LogP contribution < -0.4 is 5.43 Å². The van der Waals surface area contributed by atoms with Crippen LogP contribution in [-0.2, 0) is 0 Å². The molecule has 0 amide bonds. The molecule has 0 aliphatic rings. The number of anilines is 1. The van der Waals surface area contributed by atoms with Crippen LogP contribution in [-0.4, -0.2) is 26.4 Å². The molecule has 0 radical (unpaired) electrons. The van der Waals surface area contributed by atoms with E-state index in [-0.39, 0.29) is 0 Å². The van der Waals surface area contributed by atoms with Gasteiger partial charge in [-0.05, 0) is 12.1 Å². The standard InChI is InChI=1S/C16H11ClN6/c17-12-7-3-1-5-10(12)9-18-22-16-20-15-14(21-23-16)11-6-2-4-8-13(11)19-15/h1-9H,(H2,19,20,22,23). The number of rotatable bonds is 3. The molecule has 4 rings (SSSR count). The fraction of sp³-hybridized carbons (Fsp3) is 0. The second kappa shape index (κ2) is 5.66. The molecule has 112 valence electrons. The highest BCUT2D eigenvalue weighted by molar-refractivity contribution is 6.33. The highest BCUT2D eigenvalue weighted by Gasteiger charge is 2.07. The number of benzene rings is 2. The molecule has 23 heavy (non-hydrogen) atoms. The molecule has 0 aliphatic carbocycles. The van der Waals surface area contributed by atoms with Gasteiger partial charge in [-0.3, -0.25) is 0 Å². The highest BCUT2D eigenvalue weighted by atomic mass is 35.5. The predicted molar refractivity (Wildman–Crippen MR) is 91.9 cm³/mol. The summed E-state index contributed by atoms with van der Waals surface area (Å²) in [4.78, 5) is 7.59. The first-order valence-corrected chi connectivity index (χ1v) is 7.34. The van der Waals surface area contributed by atoms with E-state index >= 15 is 0 Å². The van der Waals surface area contributed by atoms with E-state index in [2.05, 4.69) is 30.7 Å². The summed E-state index contributed by atoms with van der Waals surface area (Å²) in [6.07, 6.45) is 1.61. The third-order valence-corrected chi connectivity index (χ3v) is 3.74. The van der Waals surface area contributed by atoms with Crippen molar-refractivity contribution in [3.63, 3.8) is 0 Å². The Morgan fingerprint density at radius 2 is 1.87 bits per heavy atom. The average molecular weight is 323 g/mol. The van der Waals surface area contributed by atoms with Crippen molar-refractivity contribution >= 4 is 45.8 Å². The van der Waals surface area contributed by atoms with Gasteiger partial charge in [0.1, 0.15) is 5.52 Å². The number of halogens is 1. The number of H-pyrrole nitrogens is 1. The second-order valence-corrected chi connectivity index (χ2v) is 5.30. The molecular weight excluding hydrogens is 312 g/mol. The maximum atomic E-state index is 6.06. The number of nitrogens with one attached hydrogen (secondary N) is 2. The lowest BCUT2D eigenvalue weighted by Gasteiger charge is -1.98. The van der Waals surface area contributed by atoms with Crippen LogP contribution in [0.4, 0.5) is 5.95 Å². The van der Waals surface area contributed by atoms with Gasteiger partial charge in [0.05, 0.1) is 6.21 Å². The molecule has 0 aliphatic heterocycles. The van der Waals surface area contributed by atoms with Crippen molar-refractivity contribution in [3.8, 4) is 0 Å². The van der Waals surface area contributed by atoms with Crippen molar-refractivity contribution in [2.45, 2.75) is 0 Å². The number of nitrogens with zero attached hydrogens (tertiary/aromatic N) is 4.